The zero-order valence-electron chi connectivity index (χ0n) is 14.4. The molecule has 2 nitrogen and oxygen atoms in total. The molecule has 1 aliphatic heterocycles. The third-order valence-corrected chi connectivity index (χ3v) is 5.42. The molecule has 0 aromatic heterocycles. The Balaban J connectivity index is 2.20. The van der Waals surface area contributed by atoms with Gasteiger partial charge in [0.25, 0.3) is 0 Å². The van der Waals surface area contributed by atoms with Gasteiger partial charge in [-0.15, -0.1) is 0 Å². The predicted octanol–water partition coefficient (Wildman–Crippen LogP) is 3.98. The lowest BCUT2D eigenvalue weighted by Crippen LogP contribution is -2.64. The van der Waals surface area contributed by atoms with Crippen molar-refractivity contribution in [3.63, 3.8) is 0 Å². The van der Waals surface area contributed by atoms with Crippen LogP contribution in [-0.4, -0.2) is 29.6 Å². The van der Waals surface area contributed by atoms with E-state index in [4.69, 9.17) is 0 Å². The van der Waals surface area contributed by atoms with Crippen LogP contribution in [0, 0.1) is 12.8 Å². The van der Waals surface area contributed by atoms with Gasteiger partial charge in [-0.05, 0) is 36.8 Å². The molecule has 0 radical (unpaired) electrons. The van der Waals surface area contributed by atoms with Crippen LogP contribution in [0.15, 0.2) is 24.3 Å². The predicted molar refractivity (Wildman–Crippen MR) is 91.5 cm³/mol. The van der Waals surface area contributed by atoms with E-state index in [1.54, 1.807) is 0 Å². The average Bonchev–Trinajstić information content (AvgIpc) is 2.49. The zero-order chi connectivity index (χ0) is 15.5. The molecule has 1 aliphatic rings. The highest BCUT2D eigenvalue weighted by Crippen LogP contribution is 2.27. The molecule has 1 aromatic rings. The van der Waals surface area contributed by atoms with E-state index in [1.165, 1.54) is 24.0 Å². The first kappa shape index (κ1) is 16.5. The summed E-state index contributed by atoms with van der Waals surface area (Å²) < 4.78 is 0. The lowest BCUT2D eigenvalue weighted by Gasteiger charge is -2.49. The molecule has 0 spiro atoms. The summed E-state index contributed by atoms with van der Waals surface area (Å²) in [6.45, 7) is 14.9. The molecule has 2 heteroatoms. The highest BCUT2D eigenvalue weighted by molar-refractivity contribution is 5.25. The first-order valence-electron chi connectivity index (χ1n) is 8.55. The van der Waals surface area contributed by atoms with Crippen molar-refractivity contribution in [1.82, 2.24) is 10.2 Å². The Labute approximate surface area is 130 Å². The quantitative estimate of drug-likeness (QED) is 0.881. The molecule has 21 heavy (non-hydrogen) atoms. The van der Waals surface area contributed by atoms with Gasteiger partial charge in [0.1, 0.15) is 0 Å². The van der Waals surface area contributed by atoms with Gasteiger partial charge in [-0.2, -0.15) is 0 Å². The van der Waals surface area contributed by atoms with Gasteiger partial charge < -0.3 is 5.32 Å². The molecule has 0 amide bonds. The Morgan fingerprint density at radius 3 is 2.48 bits per heavy atom. The minimum Gasteiger partial charge on any atom is -0.308 e. The van der Waals surface area contributed by atoms with E-state index in [1.807, 2.05) is 0 Å². The molecular weight excluding hydrogens is 256 g/mol. The van der Waals surface area contributed by atoms with Crippen molar-refractivity contribution in [3.8, 4) is 0 Å². The number of piperazine rings is 1. The van der Waals surface area contributed by atoms with Crippen molar-refractivity contribution < 1.29 is 0 Å². The van der Waals surface area contributed by atoms with Crippen molar-refractivity contribution in [2.24, 2.45) is 5.92 Å². The standard InChI is InChI=1S/C19H32N2/c1-6-19(7-2)14-21(18(12-20-19)15(3)4)13-17-11-9-8-10-16(17)5/h8-11,15,18,20H,6-7,12-14H2,1-5H3. The number of hydrogen-bond donors (Lipinski definition) is 1. The van der Waals surface area contributed by atoms with E-state index in [0.717, 1.165) is 19.6 Å². The smallest absolute Gasteiger partial charge is 0.0304 e. The van der Waals surface area contributed by atoms with Crippen LogP contribution >= 0.6 is 0 Å². The molecule has 0 aliphatic carbocycles. The van der Waals surface area contributed by atoms with Crippen molar-refractivity contribution in [3.05, 3.63) is 35.4 Å². The first-order chi connectivity index (χ1) is 10.0. The van der Waals surface area contributed by atoms with Crippen LogP contribution in [-0.2, 0) is 6.54 Å². The number of benzene rings is 1. The fraction of sp³-hybridized carbons (Fsp3) is 0.684. The molecule has 118 valence electrons. The van der Waals surface area contributed by atoms with Gasteiger partial charge in [0.05, 0.1) is 0 Å². The lowest BCUT2D eigenvalue weighted by molar-refractivity contribution is 0.0442. The maximum atomic E-state index is 3.85. The van der Waals surface area contributed by atoms with E-state index in [9.17, 15) is 0 Å². The van der Waals surface area contributed by atoms with Gasteiger partial charge in [0, 0.05) is 31.2 Å². The first-order valence-corrected chi connectivity index (χ1v) is 8.55. The monoisotopic (exact) mass is 288 g/mol. The second-order valence-electron chi connectivity index (χ2n) is 7.01. The maximum absolute atomic E-state index is 3.85. The number of hydrogen-bond acceptors (Lipinski definition) is 2. The molecule has 0 saturated carbocycles. The average molecular weight is 288 g/mol. The molecular formula is C19H32N2. The van der Waals surface area contributed by atoms with Crippen LogP contribution in [0.4, 0.5) is 0 Å². The van der Waals surface area contributed by atoms with Crippen LogP contribution in [0.25, 0.3) is 0 Å². The number of aryl methyl sites for hydroxylation is 1. The van der Waals surface area contributed by atoms with Crippen molar-refractivity contribution in [2.75, 3.05) is 13.1 Å². The van der Waals surface area contributed by atoms with E-state index >= 15 is 0 Å². The molecule has 1 fully saturated rings. The summed E-state index contributed by atoms with van der Waals surface area (Å²) in [7, 11) is 0. The Hall–Kier alpha value is -0.860. The van der Waals surface area contributed by atoms with E-state index in [-0.39, 0.29) is 0 Å². The normalized spacial score (nSPS) is 22.7. The summed E-state index contributed by atoms with van der Waals surface area (Å²) in [4.78, 5) is 2.72. The molecule has 1 unspecified atom stereocenters. The Kier molecular flexibility index (Phi) is 5.45. The minimum atomic E-state index is 0.300. The zero-order valence-corrected chi connectivity index (χ0v) is 14.4. The molecule has 1 atom stereocenters. The van der Waals surface area contributed by atoms with Crippen LogP contribution in [0.3, 0.4) is 0 Å². The minimum absolute atomic E-state index is 0.300. The van der Waals surface area contributed by atoms with Gasteiger partial charge in [0.15, 0.2) is 0 Å². The van der Waals surface area contributed by atoms with Crippen LogP contribution in [0.2, 0.25) is 0 Å². The molecule has 1 N–H and O–H groups in total. The molecule has 2 rings (SSSR count). The summed E-state index contributed by atoms with van der Waals surface area (Å²) in [6.07, 6.45) is 2.41. The van der Waals surface area contributed by atoms with Crippen molar-refractivity contribution in [1.29, 1.82) is 0 Å². The second-order valence-corrected chi connectivity index (χ2v) is 7.01. The van der Waals surface area contributed by atoms with Gasteiger partial charge >= 0.3 is 0 Å². The fourth-order valence-corrected chi connectivity index (χ4v) is 3.57. The maximum Gasteiger partial charge on any atom is 0.0304 e. The van der Waals surface area contributed by atoms with Crippen LogP contribution in [0.1, 0.15) is 51.7 Å². The Morgan fingerprint density at radius 2 is 1.90 bits per heavy atom. The van der Waals surface area contributed by atoms with Crippen LogP contribution < -0.4 is 5.32 Å². The fourth-order valence-electron chi connectivity index (χ4n) is 3.57. The largest absolute Gasteiger partial charge is 0.308 e. The van der Waals surface area contributed by atoms with Gasteiger partial charge in [0.2, 0.25) is 0 Å². The van der Waals surface area contributed by atoms with Crippen LogP contribution in [0.5, 0.6) is 0 Å². The summed E-state index contributed by atoms with van der Waals surface area (Å²) in [6, 6.07) is 9.46. The number of nitrogens with zero attached hydrogens (tertiary/aromatic N) is 1. The SMILES string of the molecule is CCC1(CC)CN(Cc2ccccc2C)C(C(C)C)CN1. The third-order valence-electron chi connectivity index (χ3n) is 5.42. The summed E-state index contributed by atoms with van der Waals surface area (Å²) in [5.74, 6) is 0.688. The van der Waals surface area contributed by atoms with Gasteiger partial charge in [-0.25, -0.2) is 0 Å². The second kappa shape index (κ2) is 6.93. The molecule has 0 bridgehead atoms. The third kappa shape index (κ3) is 3.67. The van der Waals surface area contributed by atoms with Crippen molar-refractivity contribution >= 4 is 0 Å². The number of rotatable bonds is 5. The Morgan fingerprint density at radius 1 is 1.24 bits per heavy atom. The Bertz CT molecular complexity index is 449. The molecule has 1 aromatic carbocycles. The summed E-state index contributed by atoms with van der Waals surface area (Å²) in [5.41, 5.74) is 3.19. The topological polar surface area (TPSA) is 15.3 Å². The highest BCUT2D eigenvalue weighted by Gasteiger charge is 2.37. The number of nitrogens with one attached hydrogen (secondary N) is 1. The highest BCUT2D eigenvalue weighted by atomic mass is 15.3. The van der Waals surface area contributed by atoms with E-state index < -0.39 is 0 Å². The van der Waals surface area contributed by atoms with E-state index in [2.05, 4.69) is 69.1 Å². The molecule has 1 saturated heterocycles. The summed E-state index contributed by atoms with van der Waals surface area (Å²) >= 11 is 0. The van der Waals surface area contributed by atoms with Gasteiger partial charge in [-0.1, -0.05) is 52.0 Å². The van der Waals surface area contributed by atoms with E-state index in [0.29, 0.717) is 17.5 Å². The molecule has 1 heterocycles. The lowest BCUT2D eigenvalue weighted by atomic mass is 9.86. The van der Waals surface area contributed by atoms with Gasteiger partial charge in [-0.3, -0.25) is 4.90 Å². The van der Waals surface area contributed by atoms with Crippen molar-refractivity contribution in [2.45, 2.75) is 65.6 Å². The summed E-state index contributed by atoms with van der Waals surface area (Å²) in [5, 5.41) is 3.85.